The highest BCUT2D eigenvalue weighted by atomic mass is 35.5. The van der Waals surface area contributed by atoms with Crippen LogP contribution in [0.1, 0.15) is 17.3 Å². The van der Waals surface area contributed by atoms with Crippen molar-refractivity contribution in [2.75, 3.05) is 0 Å². The zero-order valence-electron chi connectivity index (χ0n) is 14.7. The molecule has 0 saturated carbocycles. The normalized spacial score (nSPS) is 12.6. The number of rotatable bonds is 5. The maximum Gasteiger partial charge on any atom is 0.414 e. The molecule has 3 rings (SSSR count). The Bertz CT molecular complexity index is 953. The first-order valence-corrected chi connectivity index (χ1v) is 8.65. The third-order valence-electron chi connectivity index (χ3n) is 4.11. The van der Waals surface area contributed by atoms with Crippen molar-refractivity contribution in [1.82, 2.24) is 19.9 Å². The van der Waals surface area contributed by atoms with Gasteiger partial charge in [-0.15, -0.1) is 0 Å². The maximum absolute atomic E-state index is 13.4. The average Bonchev–Trinajstić information content (AvgIpc) is 3.06. The molecule has 1 aromatic carbocycles. The summed E-state index contributed by atoms with van der Waals surface area (Å²) in [6.07, 6.45) is -0.391. The monoisotopic (exact) mass is 408 g/mol. The Morgan fingerprint density at radius 3 is 2.43 bits per heavy atom. The lowest BCUT2D eigenvalue weighted by Gasteiger charge is -2.21. The first kappa shape index (κ1) is 19.9. The average molecular weight is 409 g/mol. The summed E-state index contributed by atoms with van der Waals surface area (Å²) in [6.45, 7) is 0. The van der Waals surface area contributed by atoms with E-state index in [4.69, 9.17) is 11.6 Å². The molecule has 146 valence electrons. The SMILES string of the molecule is Cn1cncc1-c1ccc(CC(=O)N[C@@H](c2ccc(Cl)cn2)C(F)(F)F)cc1. The van der Waals surface area contributed by atoms with Crippen LogP contribution < -0.4 is 5.32 Å². The summed E-state index contributed by atoms with van der Waals surface area (Å²) in [4.78, 5) is 19.9. The lowest BCUT2D eigenvalue weighted by molar-refractivity contribution is -0.164. The number of pyridine rings is 1. The van der Waals surface area contributed by atoms with Gasteiger partial charge >= 0.3 is 6.18 Å². The number of alkyl halides is 3. The molecule has 0 radical (unpaired) electrons. The van der Waals surface area contributed by atoms with Gasteiger partial charge in [-0.2, -0.15) is 13.2 Å². The molecule has 0 unspecified atom stereocenters. The van der Waals surface area contributed by atoms with Crippen LogP contribution in [0.3, 0.4) is 0 Å². The number of hydrogen-bond donors (Lipinski definition) is 1. The van der Waals surface area contributed by atoms with Gasteiger partial charge in [-0.25, -0.2) is 4.98 Å². The van der Waals surface area contributed by atoms with Gasteiger partial charge in [0.1, 0.15) is 0 Å². The molecular weight excluding hydrogens is 393 g/mol. The smallest absolute Gasteiger partial charge is 0.339 e. The highest BCUT2D eigenvalue weighted by Crippen LogP contribution is 2.32. The molecule has 0 fully saturated rings. The number of amides is 1. The minimum absolute atomic E-state index is 0.189. The highest BCUT2D eigenvalue weighted by Gasteiger charge is 2.42. The van der Waals surface area contributed by atoms with Crippen LogP contribution in [0, 0.1) is 0 Å². The van der Waals surface area contributed by atoms with Gasteiger partial charge in [0.15, 0.2) is 6.04 Å². The molecule has 2 aromatic heterocycles. The van der Waals surface area contributed by atoms with Gasteiger partial charge in [-0.1, -0.05) is 35.9 Å². The summed E-state index contributed by atoms with van der Waals surface area (Å²) in [5.74, 6) is -0.757. The molecule has 28 heavy (non-hydrogen) atoms. The van der Waals surface area contributed by atoms with E-state index in [1.54, 1.807) is 36.8 Å². The number of halogens is 4. The molecule has 1 atom stereocenters. The number of aromatic nitrogens is 3. The van der Waals surface area contributed by atoms with Crippen LogP contribution in [0.4, 0.5) is 13.2 Å². The van der Waals surface area contributed by atoms with Crippen molar-refractivity contribution in [2.45, 2.75) is 18.6 Å². The van der Waals surface area contributed by atoms with E-state index in [0.717, 1.165) is 23.5 Å². The van der Waals surface area contributed by atoms with Gasteiger partial charge < -0.3 is 9.88 Å². The van der Waals surface area contributed by atoms with Crippen LogP contribution in [0.2, 0.25) is 5.02 Å². The standard InChI is InChI=1S/C19H16ClF3N4O/c1-27-11-24-10-16(27)13-4-2-12(3-5-13)8-17(28)26-18(19(21,22)23)15-7-6-14(20)9-25-15/h2-7,9-11,18H,8H2,1H3,(H,26,28)/t18-/m0/s1. The zero-order chi connectivity index (χ0) is 20.3. The van der Waals surface area contributed by atoms with E-state index < -0.39 is 18.1 Å². The lowest BCUT2D eigenvalue weighted by atomic mass is 10.1. The maximum atomic E-state index is 13.4. The van der Waals surface area contributed by atoms with Crippen molar-refractivity contribution < 1.29 is 18.0 Å². The van der Waals surface area contributed by atoms with Gasteiger partial charge in [0.2, 0.25) is 5.91 Å². The van der Waals surface area contributed by atoms with Crippen LogP contribution in [-0.2, 0) is 18.3 Å². The molecule has 5 nitrogen and oxygen atoms in total. The van der Waals surface area contributed by atoms with E-state index in [9.17, 15) is 18.0 Å². The fourth-order valence-electron chi connectivity index (χ4n) is 2.71. The molecular formula is C19H16ClF3N4O. The van der Waals surface area contributed by atoms with E-state index in [2.05, 4.69) is 9.97 Å². The minimum atomic E-state index is -4.68. The quantitative estimate of drug-likeness (QED) is 0.691. The molecule has 0 aliphatic carbocycles. The molecule has 2 heterocycles. The van der Waals surface area contributed by atoms with Gasteiger partial charge in [-0.05, 0) is 23.3 Å². The Morgan fingerprint density at radius 1 is 1.18 bits per heavy atom. The summed E-state index contributed by atoms with van der Waals surface area (Å²) >= 11 is 5.67. The van der Waals surface area contributed by atoms with Crippen molar-refractivity contribution in [2.24, 2.45) is 7.05 Å². The van der Waals surface area contributed by atoms with Crippen LogP contribution in [0.5, 0.6) is 0 Å². The molecule has 3 aromatic rings. The van der Waals surface area contributed by atoms with Gasteiger partial charge in [0, 0.05) is 13.2 Å². The highest BCUT2D eigenvalue weighted by molar-refractivity contribution is 6.30. The number of carbonyl (C=O) groups excluding carboxylic acids is 1. The second-order valence-corrected chi connectivity index (χ2v) is 6.64. The fraction of sp³-hybridized carbons (Fsp3) is 0.211. The molecule has 0 saturated heterocycles. The number of imidazole rings is 1. The van der Waals surface area contributed by atoms with Crippen molar-refractivity contribution >= 4 is 17.5 Å². The Balaban J connectivity index is 1.71. The van der Waals surface area contributed by atoms with E-state index in [1.165, 1.54) is 6.07 Å². The first-order valence-electron chi connectivity index (χ1n) is 8.27. The largest absolute Gasteiger partial charge is 0.414 e. The van der Waals surface area contributed by atoms with Crippen molar-refractivity contribution in [3.05, 3.63) is 71.4 Å². The molecule has 0 bridgehead atoms. The Hall–Kier alpha value is -2.87. The second-order valence-electron chi connectivity index (χ2n) is 6.21. The number of benzene rings is 1. The predicted octanol–water partition coefficient (Wildman–Crippen LogP) is 4.10. The number of aryl methyl sites for hydroxylation is 1. The summed E-state index contributed by atoms with van der Waals surface area (Å²) in [5.41, 5.74) is 2.05. The predicted molar refractivity (Wildman–Crippen MR) is 98.5 cm³/mol. The van der Waals surface area contributed by atoms with Gasteiger partial charge in [0.25, 0.3) is 0 Å². The summed E-state index contributed by atoms with van der Waals surface area (Å²) in [6, 6.07) is 7.22. The molecule has 9 heteroatoms. The van der Waals surface area contributed by atoms with Crippen LogP contribution in [0.15, 0.2) is 55.1 Å². The third-order valence-corrected chi connectivity index (χ3v) is 4.33. The van der Waals surface area contributed by atoms with Crippen molar-refractivity contribution in [1.29, 1.82) is 0 Å². The third kappa shape index (κ3) is 4.69. The number of nitrogens with one attached hydrogen (secondary N) is 1. The van der Waals surface area contributed by atoms with Gasteiger partial charge in [-0.3, -0.25) is 9.78 Å². The fourth-order valence-corrected chi connectivity index (χ4v) is 2.82. The molecule has 0 spiro atoms. The Morgan fingerprint density at radius 2 is 1.89 bits per heavy atom. The number of carbonyl (C=O) groups is 1. The Kier molecular flexibility index (Phi) is 5.69. The first-order chi connectivity index (χ1) is 13.2. The second kappa shape index (κ2) is 8.02. The molecule has 1 amide bonds. The van der Waals surface area contributed by atoms with E-state index >= 15 is 0 Å². The molecule has 0 aliphatic heterocycles. The Labute approximate surface area is 164 Å². The van der Waals surface area contributed by atoms with Crippen LogP contribution in [-0.4, -0.2) is 26.6 Å². The summed E-state index contributed by atoms with van der Waals surface area (Å²) in [7, 11) is 1.85. The number of nitrogens with zero attached hydrogens (tertiary/aromatic N) is 3. The van der Waals surface area contributed by atoms with E-state index in [-0.39, 0.29) is 17.1 Å². The molecule has 1 N–H and O–H groups in total. The van der Waals surface area contributed by atoms with Crippen LogP contribution >= 0.6 is 11.6 Å². The number of hydrogen-bond acceptors (Lipinski definition) is 3. The van der Waals surface area contributed by atoms with Crippen molar-refractivity contribution in [3.63, 3.8) is 0 Å². The van der Waals surface area contributed by atoms with Gasteiger partial charge in [0.05, 0.1) is 35.4 Å². The molecule has 0 aliphatic rings. The van der Waals surface area contributed by atoms with Crippen molar-refractivity contribution in [3.8, 4) is 11.3 Å². The lowest BCUT2D eigenvalue weighted by Crippen LogP contribution is -2.39. The zero-order valence-corrected chi connectivity index (χ0v) is 15.5. The van der Waals surface area contributed by atoms with E-state index in [1.807, 2.05) is 16.9 Å². The summed E-state index contributed by atoms with van der Waals surface area (Å²) in [5, 5.41) is 2.22. The van der Waals surface area contributed by atoms with Crippen LogP contribution in [0.25, 0.3) is 11.3 Å². The minimum Gasteiger partial charge on any atom is -0.339 e. The topological polar surface area (TPSA) is 59.8 Å². The van der Waals surface area contributed by atoms with E-state index in [0.29, 0.717) is 5.56 Å². The summed E-state index contributed by atoms with van der Waals surface area (Å²) < 4.78 is 41.9.